The van der Waals surface area contributed by atoms with Crippen molar-refractivity contribution in [3.63, 3.8) is 0 Å². The Morgan fingerprint density at radius 2 is 2.09 bits per heavy atom. The summed E-state index contributed by atoms with van der Waals surface area (Å²) in [6, 6.07) is 9.22. The fraction of sp³-hybridized carbons (Fsp3) is 0.500. The fourth-order valence-corrected chi connectivity index (χ4v) is 2.63. The molecule has 1 aliphatic rings. The van der Waals surface area contributed by atoms with Crippen molar-refractivity contribution in [2.24, 2.45) is 5.73 Å². The van der Waals surface area contributed by atoms with Crippen LogP contribution < -0.4 is 16.4 Å². The number of carbonyl (C=O) groups excluding carboxylic acids is 2. The van der Waals surface area contributed by atoms with Gasteiger partial charge in [-0.1, -0.05) is 30.3 Å². The lowest BCUT2D eigenvalue weighted by molar-refractivity contribution is -0.122. The van der Waals surface area contributed by atoms with Gasteiger partial charge >= 0.3 is 6.03 Å². The van der Waals surface area contributed by atoms with Gasteiger partial charge in [0.15, 0.2) is 0 Å². The van der Waals surface area contributed by atoms with Crippen LogP contribution in [0, 0.1) is 0 Å². The first kappa shape index (κ1) is 16.3. The number of carbonyl (C=O) groups is 2. The summed E-state index contributed by atoms with van der Waals surface area (Å²) in [5.41, 5.74) is 7.00. The van der Waals surface area contributed by atoms with Gasteiger partial charge in [0, 0.05) is 38.1 Å². The molecule has 6 heteroatoms. The van der Waals surface area contributed by atoms with Crippen molar-refractivity contribution in [2.75, 3.05) is 19.6 Å². The number of nitrogens with one attached hydrogen (secondary N) is 2. The molecule has 0 saturated carbocycles. The number of nitrogens with zero attached hydrogens (tertiary/aromatic N) is 1. The minimum absolute atomic E-state index is 0.0121. The maximum atomic E-state index is 12.1. The van der Waals surface area contributed by atoms with Gasteiger partial charge in [-0.15, -0.1) is 0 Å². The van der Waals surface area contributed by atoms with Gasteiger partial charge in [0.05, 0.1) is 0 Å². The molecule has 1 saturated heterocycles. The van der Waals surface area contributed by atoms with Crippen LogP contribution in [0.4, 0.5) is 4.79 Å². The van der Waals surface area contributed by atoms with Gasteiger partial charge in [-0.25, -0.2) is 4.79 Å². The molecule has 0 spiro atoms. The van der Waals surface area contributed by atoms with Gasteiger partial charge < -0.3 is 21.3 Å². The zero-order chi connectivity index (χ0) is 15.9. The van der Waals surface area contributed by atoms with Crippen LogP contribution in [0.1, 0.15) is 31.4 Å². The molecule has 1 heterocycles. The Kier molecular flexibility index (Phi) is 5.77. The molecule has 1 fully saturated rings. The van der Waals surface area contributed by atoms with E-state index in [1.807, 2.05) is 37.3 Å². The number of amides is 3. The standard InChI is InChI=1S/C16H24N4O2/c1-2-18-16(22)20-9-8-13(11-20)19-15(21)10-14(17)12-6-4-3-5-7-12/h3-7,13-14H,2,8-11,17H2,1H3,(H,18,22)(H,19,21). The third-order valence-corrected chi connectivity index (χ3v) is 3.80. The lowest BCUT2D eigenvalue weighted by Gasteiger charge is -2.18. The number of likely N-dealkylation sites (tertiary alicyclic amines) is 1. The fourth-order valence-electron chi connectivity index (χ4n) is 2.63. The smallest absolute Gasteiger partial charge is 0.317 e. The number of hydrogen-bond acceptors (Lipinski definition) is 3. The molecular weight excluding hydrogens is 280 g/mol. The Labute approximate surface area is 131 Å². The molecule has 0 aromatic heterocycles. The second-order valence-corrected chi connectivity index (χ2v) is 5.56. The van der Waals surface area contributed by atoms with Crippen molar-refractivity contribution in [3.05, 3.63) is 35.9 Å². The Morgan fingerprint density at radius 3 is 2.77 bits per heavy atom. The molecule has 2 unspecified atom stereocenters. The zero-order valence-corrected chi connectivity index (χ0v) is 12.9. The number of rotatable bonds is 5. The van der Waals surface area contributed by atoms with Crippen LogP contribution in [-0.4, -0.2) is 42.5 Å². The molecule has 2 atom stereocenters. The van der Waals surface area contributed by atoms with Gasteiger partial charge in [-0.3, -0.25) is 4.79 Å². The lowest BCUT2D eigenvalue weighted by atomic mass is 10.0. The predicted molar refractivity (Wildman–Crippen MR) is 85.2 cm³/mol. The monoisotopic (exact) mass is 304 g/mol. The highest BCUT2D eigenvalue weighted by Gasteiger charge is 2.27. The molecule has 1 aromatic carbocycles. The number of nitrogens with two attached hydrogens (primary N) is 1. The van der Waals surface area contributed by atoms with E-state index in [1.54, 1.807) is 4.90 Å². The highest BCUT2D eigenvalue weighted by atomic mass is 16.2. The normalized spacial score (nSPS) is 18.8. The van der Waals surface area contributed by atoms with Gasteiger partial charge in [0.25, 0.3) is 0 Å². The average Bonchev–Trinajstić information content (AvgIpc) is 2.96. The van der Waals surface area contributed by atoms with Crippen LogP contribution in [0.15, 0.2) is 30.3 Å². The van der Waals surface area contributed by atoms with Crippen LogP contribution in [0.3, 0.4) is 0 Å². The summed E-state index contributed by atoms with van der Waals surface area (Å²) >= 11 is 0. The summed E-state index contributed by atoms with van der Waals surface area (Å²) in [6.07, 6.45) is 1.03. The molecule has 6 nitrogen and oxygen atoms in total. The minimum atomic E-state index is -0.304. The molecule has 0 aliphatic carbocycles. The molecular formula is C16H24N4O2. The molecule has 3 amide bonds. The zero-order valence-electron chi connectivity index (χ0n) is 12.9. The number of benzene rings is 1. The Morgan fingerprint density at radius 1 is 1.36 bits per heavy atom. The second kappa shape index (κ2) is 7.79. The molecule has 22 heavy (non-hydrogen) atoms. The number of hydrogen-bond donors (Lipinski definition) is 3. The third kappa shape index (κ3) is 4.46. The maximum absolute atomic E-state index is 12.1. The average molecular weight is 304 g/mol. The van der Waals surface area contributed by atoms with E-state index in [4.69, 9.17) is 5.73 Å². The Balaban J connectivity index is 1.77. The van der Waals surface area contributed by atoms with E-state index in [2.05, 4.69) is 10.6 Å². The van der Waals surface area contributed by atoms with E-state index in [9.17, 15) is 9.59 Å². The maximum Gasteiger partial charge on any atom is 0.317 e. The van der Waals surface area contributed by atoms with E-state index >= 15 is 0 Å². The lowest BCUT2D eigenvalue weighted by Crippen LogP contribution is -2.42. The molecule has 120 valence electrons. The first-order chi connectivity index (χ1) is 10.6. The van der Waals surface area contributed by atoms with Crippen LogP contribution in [0.2, 0.25) is 0 Å². The largest absolute Gasteiger partial charge is 0.351 e. The highest BCUT2D eigenvalue weighted by Crippen LogP contribution is 2.14. The van der Waals surface area contributed by atoms with Crippen molar-refractivity contribution in [1.82, 2.24) is 15.5 Å². The van der Waals surface area contributed by atoms with Gasteiger partial charge in [0.1, 0.15) is 0 Å². The Bertz CT molecular complexity index is 506. The van der Waals surface area contributed by atoms with E-state index in [-0.39, 0.29) is 30.4 Å². The van der Waals surface area contributed by atoms with Gasteiger partial charge in [0.2, 0.25) is 5.91 Å². The van der Waals surface area contributed by atoms with Crippen LogP contribution in [0.5, 0.6) is 0 Å². The molecule has 1 aliphatic heterocycles. The van der Waals surface area contributed by atoms with Crippen molar-refractivity contribution >= 4 is 11.9 Å². The summed E-state index contributed by atoms with van der Waals surface area (Å²) in [7, 11) is 0. The quantitative estimate of drug-likeness (QED) is 0.758. The van der Waals surface area contributed by atoms with E-state index < -0.39 is 0 Å². The molecule has 1 aromatic rings. The number of urea groups is 1. The van der Waals surface area contributed by atoms with Crippen molar-refractivity contribution in [2.45, 2.75) is 31.8 Å². The van der Waals surface area contributed by atoms with E-state index in [0.717, 1.165) is 12.0 Å². The van der Waals surface area contributed by atoms with Crippen LogP contribution in [-0.2, 0) is 4.79 Å². The summed E-state index contributed by atoms with van der Waals surface area (Å²) in [5, 5.41) is 5.74. The van der Waals surface area contributed by atoms with Crippen LogP contribution >= 0.6 is 0 Å². The van der Waals surface area contributed by atoms with E-state index in [1.165, 1.54) is 0 Å². The minimum Gasteiger partial charge on any atom is -0.351 e. The second-order valence-electron chi connectivity index (χ2n) is 5.56. The first-order valence-corrected chi connectivity index (χ1v) is 7.72. The summed E-state index contributed by atoms with van der Waals surface area (Å²) in [5.74, 6) is -0.0703. The molecule has 0 radical (unpaired) electrons. The SMILES string of the molecule is CCNC(=O)N1CCC(NC(=O)CC(N)c2ccccc2)C1. The van der Waals surface area contributed by atoms with Crippen molar-refractivity contribution < 1.29 is 9.59 Å². The topological polar surface area (TPSA) is 87.5 Å². The van der Waals surface area contributed by atoms with Crippen LogP contribution in [0.25, 0.3) is 0 Å². The summed E-state index contributed by atoms with van der Waals surface area (Å²) in [6.45, 7) is 3.72. The third-order valence-electron chi connectivity index (χ3n) is 3.80. The highest BCUT2D eigenvalue weighted by molar-refractivity contribution is 5.78. The summed E-state index contributed by atoms with van der Waals surface area (Å²) in [4.78, 5) is 25.5. The summed E-state index contributed by atoms with van der Waals surface area (Å²) < 4.78 is 0. The molecule has 2 rings (SSSR count). The van der Waals surface area contributed by atoms with E-state index in [0.29, 0.717) is 19.6 Å². The predicted octanol–water partition coefficient (Wildman–Crippen LogP) is 0.997. The first-order valence-electron chi connectivity index (χ1n) is 7.72. The van der Waals surface area contributed by atoms with Crippen molar-refractivity contribution in [1.29, 1.82) is 0 Å². The molecule has 4 N–H and O–H groups in total. The van der Waals surface area contributed by atoms with Gasteiger partial charge in [-0.05, 0) is 18.9 Å². The molecule has 0 bridgehead atoms. The Hall–Kier alpha value is -2.08. The van der Waals surface area contributed by atoms with Crippen molar-refractivity contribution in [3.8, 4) is 0 Å². The van der Waals surface area contributed by atoms with Gasteiger partial charge in [-0.2, -0.15) is 0 Å².